The quantitative estimate of drug-likeness (QED) is 0.567. The number of para-hydroxylation sites is 1. The summed E-state index contributed by atoms with van der Waals surface area (Å²) < 4.78 is 39.2. The fraction of sp³-hybridized carbons (Fsp3) is 0.318. The summed E-state index contributed by atoms with van der Waals surface area (Å²) >= 11 is 1.35. The van der Waals surface area contributed by atoms with Crippen molar-refractivity contribution in [3.05, 3.63) is 60.2 Å². The lowest BCUT2D eigenvalue weighted by Crippen LogP contribution is -2.40. The first-order chi connectivity index (χ1) is 14.8. The van der Waals surface area contributed by atoms with Gasteiger partial charge in [-0.1, -0.05) is 53.8 Å². The van der Waals surface area contributed by atoms with Crippen LogP contribution in [0.3, 0.4) is 0 Å². The van der Waals surface area contributed by atoms with E-state index in [0.29, 0.717) is 18.1 Å². The first-order valence-electron chi connectivity index (χ1n) is 9.85. The van der Waals surface area contributed by atoms with Gasteiger partial charge < -0.3 is 4.90 Å². The van der Waals surface area contributed by atoms with Crippen molar-refractivity contribution in [2.45, 2.75) is 19.0 Å². The molecule has 162 valence electrons. The maximum Gasteiger partial charge on any atom is 0.406 e. The molecule has 1 aliphatic heterocycles. The molecular weight excluding hydrogens is 427 g/mol. The number of thiazole rings is 1. The number of nitrogens with zero attached hydrogens (tertiary/aromatic N) is 3. The van der Waals surface area contributed by atoms with Gasteiger partial charge in [0.25, 0.3) is 0 Å². The molecule has 0 N–H and O–H groups in total. The highest BCUT2D eigenvalue weighted by atomic mass is 32.1. The summed E-state index contributed by atoms with van der Waals surface area (Å²) in [5.41, 5.74) is 1.78. The number of hydrogen-bond acceptors (Lipinski definition) is 4. The van der Waals surface area contributed by atoms with Crippen molar-refractivity contribution in [1.82, 2.24) is 9.88 Å². The highest BCUT2D eigenvalue weighted by Gasteiger charge is 2.42. The number of hydrogen-bond donors (Lipinski definition) is 0. The van der Waals surface area contributed by atoms with Crippen LogP contribution in [0.1, 0.15) is 12.0 Å². The Hall–Kier alpha value is -2.94. The van der Waals surface area contributed by atoms with Gasteiger partial charge in [-0.3, -0.25) is 14.5 Å². The highest BCUT2D eigenvalue weighted by molar-refractivity contribution is 7.22. The number of halogens is 3. The molecule has 1 unspecified atom stereocenters. The van der Waals surface area contributed by atoms with Crippen LogP contribution in [-0.4, -0.2) is 47.5 Å². The van der Waals surface area contributed by atoms with Gasteiger partial charge in [0.05, 0.1) is 16.1 Å². The molecule has 0 radical (unpaired) electrons. The Morgan fingerprint density at radius 1 is 1.13 bits per heavy atom. The van der Waals surface area contributed by atoms with Gasteiger partial charge in [0.15, 0.2) is 5.13 Å². The predicted molar refractivity (Wildman–Crippen MR) is 113 cm³/mol. The van der Waals surface area contributed by atoms with Crippen LogP contribution in [0.4, 0.5) is 18.3 Å². The number of rotatable bonds is 6. The zero-order chi connectivity index (χ0) is 22.0. The molecule has 3 aromatic rings. The summed E-state index contributed by atoms with van der Waals surface area (Å²) in [5, 5.41) is 0.490. The first kappa shape index (κ1) is 21.3. The van der Waals surface area contributed by atoms with E-state index in [0.717, 1.165) is 20.7 Å². The Labute approximate surface area is 181 Å². The fourth-order valence-corrected chi connectivity index (χ4v) is 4.69. The number of amides is 2. The predicted octanol–water partition coefficient (Wildman–Crippen LogP) is 4.28. The van der Waals surface area contributed by atoms with Gasteiger partial charge in [-0.2, -0.15) is 13.2 Å². The number of anilines is 1. The minimum absolute atomic E-state index is 0.221. The van der Waals surface area contributed by atoms with Crippen molar-refractivity contribution in [3.8, 4) is 0 Å². The van der Waals surface area contributed by atoms with Crippen molar-refractivity contribution in [3.63, 3.8) is 0 Å². The zero-order valence-electron chi connectivity index (χ0n) is 16.5. The van der Waals surface area contributed by atoms with Crippen molar-refractivity contribution in [2.24, 2.45) is 5.92 Å². The third-order valence-electron chi connectivity index (χ3n) is 5.18. The molecule has 4 rings (SSSR count). The van der Waals surface area contributed by atoms with E-state index in [4.69, 9.17) is 0 Å². The van der Waals surface area contributed by atoms with Crippen molar-refractivity contribution >= 4 is 38.5 Å². The van der Waals surface area contributed by atoms with Crippen molar-refractivity contribution < 1.29 is 22.8 Å². The van der Waals surface area contributed by atoms with Crippen LogP contribution in [0.15, 0.2) is 54.6 Å². The van der Waals surface area contributed by atoms with Crippen LogP contribution in [0.25, 0.3) is 10.2 Å². The number of fused-ring (bicyclic) bond motifs is 1. The van der Waals surface area contributed by atoms with E-state index in [2.05, 4.69) is 4.98 Å². The molecule has 1 aromatic heterocycles. The van der Waals surface area contributed by atoms with Crippen LogP contribution < -0.4 is 4.90 Å². The summed E-state index contributed by atoms with van der Waals surface area (Å²) in [6, 6.07) is 17.1. The molecule has 2 heterocycles. The SMILES string of the molecule is O=C1CC(C(=O)N(CCc2ccccc2)c2nc3ccccc3s2)CN1CC(F)(F)F. The second-order valence-electron chi connectivity index (χ2n) is 7.48. The minimum Gasteiger partial charge on any atom is -0.333 e. The summed E-state index contributed by atoms with van der Waals surface area (Å²) in [5.74, 6) is -1.84. The molecule has 1 atom stereocenters. The van der Waals surface area contributed by atoms with Gasteiger partial charge in [0, 0.05) is 19.5 Å². The van der Waals surface area contributed by atoms with E-state index >= 15 is 0 Å². The standard InChI is InChI=1S/C22H20F3N3O2S/c23-22(24,25)14-27-13-16(12-19(27)29)20(30)28(11-10-15-6-2-1-3-7-15)21-26-17-8-4-5-9-18(17)31-21/h1-9,16H,10-14H2. The van der Waals surface area contributed by atoms with Gasteiger partial charge in [-0.25, -0.2) is 4.98 Å². The number of benzene rings is 2. The monoisotopic (exact) mass is 447 g/mol. The van der Waals surface area contributed by atoms with E-state index < -0.39 is 24.5 Å². The molecule has 31 heavy (non-hydrogen) atoms. The molecule has 0 aliphatic carbocycles. The topological polar surface area (TPSA) is 53.5 Å². The molecule has 9 heteroatoms. The van der Waals surface area contributed by atoms with E-state index in [9.17, 15) is 22.8 Å². The summed E-state index contributed by atoms with van der Waals surface area (Å²) in [4.78, 5) is 32.2. The number of alkyl halides is 3. The lowest BCUT2D eigenvalue weighted by molar-refractivity contribution is -0.157. The number of carbonyl (C=O) groups is 2. The number of aromatic nitrogens is 1. The molecule has 0 bridgehead atoms. The fourth-order valence-electron chi connectivity index (χ4n) is 3.69. The van der Waals surface area contributed by atoms with Crippen molar-refractivity contribution in [1.29, 1.82) is 0 Å². The van der Waals surface area contributed by atoms with E-state index in [1.807, 2.05) is 54.6 Å². The van der Waals surface area contributed by atoms with Gasteiger partial charge in [-0.05, 0) is 24.1 Å². The Balaban J connectivity index is 1.57. The lowest BCUT2D eigenvalue weighted by atomic mass is 10.1. The second kappa shape index (κ2) is 8.66. The van der Waals surface area contributed by atoms with Crippen LogP contribution in [-0.2, 0) is 16.0 Å². The number of likely N-dealkylation sites (tertiary alicyclic amines) is 1. The number of carbonyl (C=O) groups excluding carboxylic acids is 2. The Morgan fingerprint density at radius 2 is 1.84 bits per heavy atom. The molecule has 0 spiro atoms. The molecule has 1 fully saturated rings. The molecule has 1 saturated heterocycles. The maximum absolute atomic E-state index is 13.3. The maximum atomic E-state index is 13.3. The van der Waals surface area contributed by atoms with Crippen LogP contribution >= 0.6 is 11.3 Å². The highest BCUT2D eigenvalue weighted by Crippen LogP contribution is 2.32. The van der Waals surface area contributed by atoms with E-state index in [1.54, 1.807) is 0 Å². The largest absolute Gasteiger partial charge is 0.406 e. The smallest absolute Gasteiger partial charge is 0.333 e. The van der Waals surface area contributed by atoms with Crippen LogP contribution in [0.2, 0.25) is 0 Å². The molecular formula is C22H20F3N3O2S. The zero-order valence-corrected chi connectivity index (χ0v) is 17.3. The summed E-state index contributed by atoms with van der Waals surface area (Å²) in [6.45, 7) is -1.24. The van der Waals surface area contributed by atoms with E-state index in [-0.39, 0.29) is 18.9 Å². The lowest BCUT2D eigenvalue weighted by Gasteiger charge is -2.23. The van der Waals surface area contributed by atoms with E-state index in [1.165, 1.54) is 16.2 Å². The third kappa shape index (κ3) is 5.04. The Morgan fingerprint density at radius 3 is 2.55 bits per heavy atom. The Kier molecular flexibility index (Phi) is 5.95. The molecule has 1 aliphatic rings. The second-order valence-corrected chi connectivity index (χ2v) is 8.49. The summed E-state index contributed by atoms with van der Waals surface area (Å²) in [6.07, 6.45) is -4.15. The van der Waals surface area contributed by atoms with Gasteiger partial charge in [0.1, 0.15) is 6.54 Å². The average Bonchev–Trinajstić information content (AvgIpc) is 3.31. The van der Waals surface area contributed by atoms with Crippen LogP contribution in [0.5, 0.6) is 0 Å². The van der Waals surface area contributed by atoms with Gasteiger partial charge in [-0.15, -0.1) is 0 Å². The summed E-state index contributed by atoms with van der Waals surface area (Å²) in [7, 11) is 0. The van der Waals surface area contributed by atoms with Crippen LogP contribution in [0, 0.1) is 5.92 Å². The molecule has 2 aromatic carbocycles. The van der Waals surface area contributed by atoms with Crippen molar-refractivity contribution in [2.75, 3.05) is 24.5 Å². The molecule has 2 amide bonds. The third-order valence-corrected chi connectivity index (χ3v) is 6.24. The normalized spacial score (nSPS) is 16.8. The average molecular weight is 447 g/mol. The Bertz CT molecular complexity index is 1050. The molecule has 5 nitrogen and oxygen atoms in total. The molecule has 0 saturated carbocycles. The first-order valence-corrected chi connectivity index (χ1v) is 10.7. The minimum atomic E-state index is -4.49. The van der Waals surface area contributed by atoms with Gasteiger partial charge in [0.2, 0.25) is 11.8 Å². The van der Waals surface area contributed by atoms with Gasteiger partial charge >= 0.3 is 6.18 Å².